The molecular formula is C22H26N4O4. The molecule has 158 valence electrons. The van der Waals surface area contributed by atoms with Crippen LogP contribution in [0, 0.1) is 0 Å². The second kappa shape index (κ2) is 9.13. The molecule has 8 nitrogen and oxygen atoms in total. The van der Waals surface area contributed by atoms with Gasteiger partial charge in [0.1, 0.15) is 0 Å². The zero-order valence-electron chi connectivity index (χ0n) is 17.5. The lowest BCUT2D eigenvalue weighted by Crippen LogP contribution is -2.33. The monoisotopic (exact) mass is 410 g/mol. The summed E-state index contributed by atoms with van der Waals surface area (Å²) in [5.41, 5.74) is 1.77. The number of hydrogen-bond donors (Lipinski definition) is 0. The van der Waals surface area contributed by atoms with E-state index in [-0.39, 0.29) is 6.04 Å². The van der Waals surface area contributed by atoms with Crippen molar-refractivity contribution >= 4 is 0 Å². The Morgan fingerprint density at radius 2 is 1.90 bits per heavy atom. The Hall–Kier alpha value is -3.13. The summed E-state index contributed by atoms with van der Waals surface area (Å²) >= 11 is 0. The van der Waals surface area contributed by atoms with Crippen molar-refractivity contribution in [1.82, 2.24) is 20.0 Å². The third-order valence-electron chi connectivity index (χ3n) is 5.39. The lowest BCUT2D eigenvalue weighted by molar-refractivity contribution is 0.121. The number of piperidine rings is 1. The smallest absolute Gasteiger partial charge is 0.241 e. The summed E-state index contributed by atoms with van der Waals surface area (Å²) in [5, 5.41) is 4.18. The summed E-state index contributed by atoms with van der Waals surface area (Å²) in [6.07, 6.45) is 5.25. The van der Waals surface area contributed by atoms with E-state index in [9.17, 15) is 0 Å². The normalized spacial score (nSPS) is 17.0. The molecule has 0 spiro atoms. The number of nitrogens with zero attached hydrogens (tertiary/aromatic N) is 4. The van der Waals surface area contributed by atoms with Gasteiger partial charge in [-0.1, -0.05) is 17.6 Å². The van der Waals surface area contributed by atoms with Crippen molar-refractivity contribution in [2.24, 2.45) is 0 Å². The number of hydrogen-bond acceptors (Lipinski definition) is 8. The van der Waals surface area contributed by atoms with Crippen molar-refractivity contribution in [3.8, 4) is 28.6 Å². The molecule has 4 rings (SSSR count). The van der Waals surface area contributed by atoms with Gasteiger partial charge in [-0.25, -0.2) is 0 Å². The van der Waals surface area contributed by atoms with Crippen LogP contribution in [0.2, 0.25) is 0 Å². The van der Waals surface area contributed by atoms with Gasteiger partial charge in [-0.05, 0) is 43.7 Å². The van der Waals surface area contributed by atoms with Crippen molar-refractivity contribution in [3.05, 3.63) is 48.1 Å². The van der Waals surface area contributed by atoms with Crippen LogP contribution in [0.5, 0.6) is 17.2 Å². The lowest BCUT2D eigenvalue weighted by atomic mass is 9.99. The van der Waals surface area contributed by atoms with Gasteiger partial charge < -0.3 is 18.7 Å². The van der Waals surface area contributed by atoms with E-state index in [0.29, 0.717) is 41.1 Å². The molecule has 30 heavy (non-hydrogen) atoms. The molecule has 3 heterocycles. The standard InChI is InChI=1S/C22H26N4O4/c1-27-18-11-10-15(20(28-2)21(18)29-3)22-24-19(30-25-22)14-26-13-7-5-9-17(26)16-8-4-6-12-23-16/h4,6,8,10-12,17H,5,7,9,13-14H2,1-3H3/t17-/m1/s1. The maximum atomic E-state index is 5.58. The molecule has 1 aliphatic rings. The molecule has 0 radical (unpaired) electrons. The van der Waals surface area contributed by atoms with Crippen LogP contribution < -0.4 is 14.2 Å². The Morgan fingerprint density at radius 3 is 2.63 bits per heavy atom. The minimum absolute atomic E-state index is 0.255. The summed E-state index contributed by atoms with van der Waals surface area (Å²) in [6.45, 7) is 1.54. The SMILES string of the molecule is COc1ccc(-c2noc(CN3CCCC[C@@H]3c3ccccn3)n2)c(OC)c1OC. The van der Waals surface area contributed by atoms with Crippen LogP contribution in [-0.2, 0) is 6.54 Å². The Morgan fingerprint density at radius 1 is 1.03 bits per heavy atom. The first-order valence-corrected chi connectivity index (χ1v) is 10.0. The van der Waals surface area contributed by atoms with Crippen molar-refractivity contribution in [1.29, 1.82) is 0 Å². The Balaban J connectivity index is 1.59. The summed E-state index contributed by atoms with van der Waals surface area (Å²) in [5.74, 6) is 2.59. The summed E-state index contributed by atoms with van der Waals surface area (Å²) in [4.78, 5) is 11.5. The van der Waals surface area contributed by atoms with Crippen molar-refractivity contribution in [3.63, 3.8) is 0 Å². The van der Waals surface area contributed by atoms with E-state index in [4.69, 9.17) is 18.7 Å². The molecule has 0 bridgehead atoms. The van der Waals surface area contributed by atoms with Gasteiger partial charge in [-0.2, -0.15) is 4.98 Å². The predicted octanol–water partition coefficient (Wildman–Crippen LogP) is 3.88. The molecule has 3 aromatic rings. The zero-order chi connectivity index (χ0) is 20.9. The van der Waals surface area contributed by atoms with Crippen LogP contribution >= 0.6 is 0 Å². The number of pyridine rings is 1. The van der Waals surface area contributed by atoms with E-state index in [2.05, 4.69) is 26.1 Å². The van der Waals surface area contributed by atoms with Gasteiger partial charge in [0.2, 0.25) is 17.5 Å². The fourth-order valence-corrected chi connectivity index (χ4v) is 3.97. The number of aromatic nitrogens is 3. The lowest BCUT2D eigenvalue weighted by Gasteiger charge is -2.34. The molecule has 1 aromatic carbocycles. The summed E-state index contributed by atoms with van der Waals surface area (Å²) < 4.78 is 21.9. The fraction of sp³-hybridized carbons (Fsp3) is 0.409. The van der Waals surface area contributed by atoms with Crippen molar-refractivity contribution < 1.29 is 18.7 Å². The summed E-state index contributed by atoms with van der Waals surface area (Å²) in [6, 6.07) is 9.95. The predicted molar refractivity (Wildman–Crippen MR) is 111 cm³/mol. The van der Waals surface area contributed by atoms with Crippen LogP contribution in [0.4, 0.5) is 0 Å². The molecule has 8 heteroatoms. The van der Waals surface area contributed by atoms with E-state index in [0.717, 1.165) is 25.1 Å². The third-order valence-corrected chi connectivity index (χ3v) is 5.39. The Bertz CT molecular complexity index is 977. The molecule has 2 aromatic heterocycles. The fourth-order valence-electron chi connectivity index (χ4n) is 3.97. The number of benzene rings is 1. The second-order valence-electron chi connectivity index (χ2n) is 7.13. The highest BCUT2D eigenvalue weighted by Gasteiger charge is 2.27. The topological polar surface area (TPSA) is 82.7 Å². The first kappa shape index (κ1) is 20.2. The van der Waals surface area contributed by atoms with Crippen molar-refractivity contribution in [2.75, 3.05) is 27.9 Å². The second-order valence-corrected chi connectivity index (χ2v) is 7.13. The van der Waals surface area contributed by atoms with E-state index in [1.54, 1.807) is 27.4 Å². The van der Waals surface area contributed by atoms with Gasteiger partial charge in [0.05, 0.1) is 45.2 Å². The highest BCUT2D eigenvalue weighted by Crippen LogP contribution is 2.43. The molecule has 0 N–H and O–H groups in total. The van der Waals surface area contributed by atoms with E-state index < -0.39 is 0 Å². The van der Waals surface area contributed by atoms with E-state index >= 15 is 0 Å². The number of ether oxygens (including phenoxy) is 3. The molecule has 0 saturated carbocycles. The molecule has 1 aliphatic heterocycles. The van der Waals surface area contributed by atoms with Crippen LogP contribution in [0.1, 0.15) is 36.9 Å². The highest BCUT2D eigenvalue weighted by atomic mass is 16.5. The maximum absolute atomic E-state index is 5.58. The Labute approximate surface area is 175 Å². The number of rotatable bonds is 7. The first-order valence-electron chi connectivity index (χ1n) is 10.0. The highest BCUT2D eigenvalue weighted by molar-refractivity contribution is 5.71. The molecule has 0 aliphatic carbocycles. The molecule has 1 fully saturated rings. The average Bonchev–Trinajstić information content (AvgIpc) is 3.27. The molecular weight excluding hydrogens is 384 g/mol. The Kier molecular flexibility index (Phi) is 6.13. The van der Waals surface area contributed by atoms with Gasteiger partial charge in [0.15, 0.2) is 11.5 Å². The minimum Gasteiger partial charge on any atom is -0.493 e. The van der Waals surface area contributed by atoms with Gasteiger partial charge in [-0.3, -0.25) is 9.88 Å². The van der Waals surface area contributed by atoms with Gasteiger partial charge in [-0.15, -0.1) is 0 Å². The molecule has 1 atom stereocenters. The molecule has 0 amide bonds. The number of methoxy groups -OCH3 is 3. The van der Waals surface area contributed by atoms with Gasteiger partial charge in [0, 0.05) is 6.20 Å². The quantitative estimate of drug-likeness (QED) is 0.580. The average molecular weight is 410 g/mol. The van der Waals surface area contributed by atoms with Gasteiger partial charge >= 0.3 is 0 Å². The summed E-state index contributed by atoms with van der Waals surface area (Å²) in [7, 11) is 4.73. The number of likely N-dealkylation sites (tertiary alicyclic amines) is 1. The van der Waals surface area contributed by atoms with Gasteiger partial charge in [0.25, 0.3) is 0 Å². The van der Waals surface area contributed by atoms with Crippen molar-refractivity contribution in [2.45, 2.75) is 31.8 Å². The zero-order valence-corrected chi connectivity index (χ0v) is 17.5. The van der Waals surface area contributed by atoms with Crippen LogP contribution in [0.25, 0.3) is 11.4 Å². The van der Waals surface area contributed by atoms with Crippen LogP contribution in [0.3, 0.4) is 0 Å². The minimum atomic E-state index is 0.255. The first-order chi connectivity index (χ1) is 14.7. The van der Waals surface area contributed by atoms with Crippen LogP contribution in [0.15, 0.2) is 41.1 Å². The van der Waals surface area contributed by atoms with Crippen LogP contribution in [-0.4, -0.2) is 47.9 Å². The van der Waals surface area contributed by atoms with E-state index in [1.165, 1.54) is 6.42 Å². The maximum Gasteiger partial charge on any atom is 0.241 e. The third kappa shape index (κ3) is 3.95. The molecule has 0 unspecified atom stereocenters. The van der Waals surface area contributed by atoms with E-state index in [1.807, 2.05) is 24.4 Å². The largest absolute Gasteiger partial charge is 0.493 e. The molecule has 1 saturated heterocycles.